The molecule has 1 aliphatic heterocycles. The average molecular weight is 446 g/mol. The molecular weight excluding hydrogens is 402 g/mol. The number of carbonyl (C=O) groups is 1. The van der Waals surface area contributed by atoms with Gasteiger partial charge in [0.05, 0.1) is 5.60 Å². The summed E-state index contributed by atoms with van der Waals surface area (Å²) in [6, 6.07) is 0. The zero-order valence-corrected chi connectivity index (χ0v) is 21.0. The monoisotopic (exact) mass is 445 g/mol. The van der Waals surface area contributed by atoms with Crippen LogP contribution in [0.15, 0.2) is 22.9 Å². The van der Waals surface area contributed by atoms with Gasteiger partial charge < -0.3 is 10.0 Å². The molecule has 3 nitrogen and oxygen atoms in total. The van der Waals surface area contributed by atoms with Gasteiger partial charge >= 0.3 is 0 Å². The predicted molar refractivity (Wildman–Crippen MR) is 132 cm³/mol. The SMILES string of the molecule is CC[C@]12CC(O)(CS(C)(C)C)C3C4=C(C=C(N5CCCC5)CC4)CCC3C1CCC2=O. The number of likely N-dealkylation sites (tertiary alicyclic amines) is 1. The van der Waals surface area contributed by atoms with Crippen LogP contribution in [-0.2, 0) is 4.79 Å². The number of rotatable bonds is 4. The fraction of sp³-hybridized carbons (Fsp3) is 0.815. The zero-order chi connectivity index (χ0) is 22.0. The van der Waals surface area contributed by atoms with Gasteiger partial charge in [-0.1, -0.05) is 12.5 Å². The molecule has 0 amide bonds. The molecule has 4 unspecified atom stereocenters. The lowest BCUT2D eigenvalue weighted by Crippen LogP contribution is -2.60. The van der Waals surface area contributed by atoms with Crippen molar-refractivity contribution in [3.63, 3.8) is 0 Å². The van der Waals surface area contributed by atoms with Gasteiger partial charge in [-0.2, -0.15) is 0 Å². The maximum atomic E-state index is 13.2. The van der Waals surface area contributed by atoms with Gasteiger partial charge in [-0.25, -0.2) is 10.0 Å². The van der Waals surface area contributed by atoms with Crippen LogP contribution in [-0.4, -0.2) is 59.0 Å². The van der Waals surface area contributed by atoms with Gasteiger partial charge in [0, 0.05) is 42.3 Å². The summed E-state index contributed by atoms with van der Waals surface area (Å²) >= 11 is 0. The molecule has 0 bridgehead atoms. The highest BCUT2D eigenvalue weighted by Gasteiger charge is 2.64. The molecule has 5 rings (SSSR count). The predicted octanol–water partition coefficient (Wildman–Crippen LogP) is 5.29. The van der Waals surface area contributed by atoms with E-state index in [1.54, 1.807) is 16.8 Å². The van der Waals surface area contributed by atoms with E-state index >= 15 is 0 Å². The summed E-state index contributed by atoms with van der Waals surface area (Å²) in [6.07, 6.45) is 20.2. The Morgan fingerprint density at radius 3 is 2.52 bits per heavy atom. The molecule has 31 heavy (non-hydrogen) atoms. The molecule has 174 valence electrons. The Morgan fingerprint density at radius 1 is 1.10 bits per heavy atom. The van der Waals surface area contributed by atoms with Gasteiger partial charge in [-0.05, 0) is 100 Å². The number of aliphatic hydroxyl groups is 1. The van der Waals surface area contributed by atoms with Crippen molar-refractivity contribution in [3.8, 4) is 0 Å². The lowest BCUT2D eigenvalue weighted by atomic mass is 9.49. The second-order valence-electron chi connectivity index (χ2n) is 12.2. The minimum Gasteiger partial charge on any atom is -0.388 e. The molecule has 5 atom stereocenters. The van der Waals surface area contributed by atoms with Crippen LogP contribution in [0.2, 0.25) is 0 Å². The van der Waals surface area contributed by atoms with Crippen molar-refractivity contribution < 1.29 is 9.90 Å². The fourth-order valence-electron chi connectivity index (χ4n) is 8.54. The highest BCUT2D eigenvalue weighted by molar-refractivity contribution is 8.32. The Balaban J connectivity index is 1.57. The lowest BCUT2D eigenvalue weighted by molar-refractivity contribution is -0.151. The first-order valence-electron chi connectivity index (χ1n) is 12.8. The van der Waals surface area contributed by atoms with Crippen molar-refractivity contribution in [2.45, 2.75) is 76.7 Å². The summed E-state index contributed by atoms with van der Waals surface area (Å²) in [6.45, 7) is 4.65. The molecule has 2 saturated carbocycles. The van der Waals surface area contributed by atoms with Gasteiger partial charge in [0.2, 0.25) is 0 Å². The van der Waals surface area contributed by atoms with Crippen molar-refractivity contribution in [1.82, 2.24) is 4.90 Å². The average Bonchev–Trinajstić information content (AvgIpc) is 3.35. The number of hydrogen-bond donors (Lipinski definition) is 1. The third-order valence-corrected chi connectivity index (χ3v) is 10.8. The number of ketones is 1. The van der Waals surface area contributed by atoms with E-state index in [0.29, 0.717) is 24.0 Å². The van der Waals surface area contributed by atoms with Crippen molar-refractivity contribution in [2.75, 3.05) is 37.6 Å². The van der Waals surface area contributed by atoms with E-state index in [-0.39, 0.29) is 11.3 Å². The highest BCUT2D eigenvalue weighted by atomic mass is 32.3. The first kappa shape index (κ1) is 22.1. The largest absolute Gasteiger partial charge is 0.388 e. The molecule has 4 heteroatoms. The maximum absolute atomic E-state index is 13.2. The second kappa shape index (κ2) is 7.65. The van der Waals surface area contributed by atoms with Crippen LogP contribution in [0, 0.1) is 23.2 Å². The molecule has 3 fully saturated rings. The van der Waals surface area contributed by atoms with Crippen LogP contribution < -0.4 is 0 Å². The van der Waals surface area contributed by atoms with Gasteiger partial charge in [0.25, 0.3) is 0 Å². The molecule has 0 aromatic rings. The third kappa shape index (κ3) is 3.55. The molecule has 5 aliphatic rings. The Kier molecular flexibility index (Phi) is 5.45. The van der Waals surface area contributed by atoms with Crippen LogP contribution in [0.5, 0.6) is 0 Å². The maximum Gasteiger partial charge on any atom is 0.139 e. The van der Waals surface area contributed by atoms with Crippen molar-refractivity contribution in [2.24, 2.45) is 23.2 Å². The van der Waals surface area contributed by atoms with Crippen LogP contribution in [0.4, 0.5) is 0 Å². The first-order chi connectivity index (χ1) is 14.7. The van der Waals surface area contributed by atoms with Crippen molar-refractivity contribution >= 4 is 15.8 Å². The Bertz CT molecular complexity index is 818. The molecule has 1 N–H and O–H groups in total. The zero-order valence-electron chi connectivity index (χ0n) is 20.2. The standard InChI is InChI=1S/C27H43NO2S/c1-5-26-17-27(30,18-31(2,3)4)25-21-11-9-20(28-14-6-7-15-28)16-19(21)8-10-22(25)23(26)12-13-24(26)29/h16,22-23,25,30H,5-15,17-18H2,1-4H3/t22?,23?,25?,26-,27?/m0/s1. The lowest BCUT2D eigenvalue weighted by Gasteiger charge is -2.59. The normalized spacial score (nSPS) is 41.1. The first-order valence-corrected chi connectivity index (χ1v) is 15.8. The number of Topliss-reactive ketones (excluding diaryl/α,β-unsaturated/α-hetero) is 1. The van der Waals surface area contributed by atoms with E-state index in [2.05, 4.69) is 36.7 Å². The summed E-state index contributed by atoms with van der Waals surface area (Å²) in [4.78, 5) is 15.8. The summed E-state index contributed by atoms with van der Waals surface area (Å²) < 4.78 is 0. The summed E-state index contributed by atoms with van der Waals surface area (Å²) in [7, 11) is -0.883. The molecule has 0 aromatic carbocycles. The fourth-order valence-corrected chi connectivity index (χ4v) is 10.3. The number of carbonyl (C=O) groups excluding carboxylic acids is 1. The van der Waals surface area contributed by atoms with Gasteiger partial charge in [0.1, 0.15) is 5.78 Å². The number of fused-ring (bicyclic) bond motifs is 4. The van der Waals surface area contributed by atoms with Crippen LogP contribution >= 0.6 is 10.0 Å². The van der Waals surface area contributed by atoms with E-state index in [0.717, 1.165) is 50.7 Å². The van der Waals surface area contributed by atoms with E-state index in [1.807, 2.05) is 0 Å². The molecule has 1 heterocycles. The smallest absolute Gasteiger partial charge is 0.139 e. The van der Waals surface area contributed by atoms with Crippen molar-refractivity contribution in [1.29, 1.82) is 0 Å². The number of nitrogens with zero attached hydrogens (tertiary/aromatic N) is 1. The van der Waals surface area contributed by atoms with E-state index in [1.165, 1.54) is 25.9 Å². The summed E-state index contributed by atoms with van der Waals surface area (Å²) in [5.74, 6) is 2.59. The molecule has 0 aromatic heterocycles. The molecule has 0 spiro atoms. The molecule has 0 radical (unpaired) electrons. The van der Waals surface area contributed by atoms with Crippen LogP contribution in [0.3, 0.4) is 0 Å². The van der Waals surface area contributed by atoms with Crippen LogP contribution in [0.25, 0.3) is 0 Å². The summed E-state index contributed by atoms with van der Waals surface area (Å²) in [5, 5.41) is 12.5. The molecule has 4 aliphatic carbocycles. The Hall–Kier alpha value is -0.740. The minimum absolute atomic E-state index is 0.260. The van der Waals surface area contributed by atoms with E-state index in [4.69, 9.17) is 0 Å². The van der Waals surface area contributed by atoms with Crippen LogP contribution in [0.1, 0.15) is 71.1 Å². The topological polar surface area (TPSA) is 40.5 Å². The van der Waals surface area contributed by atoms with E-state index in [9.17, 15) is 9.90 Å². The summed E-state index contributed by atoms with van der Waals surface area (Å²) in [5.41, 5.74) is 3.70. The van der Waals surface area contributed by atoms with E-state index < -0.39 is 15.6 Å². The second-order valence-corrected chi connectivity index (χ2v) is 16.6. The minimum atomic E-state index is -0.883. The van der Waals surface area contributed by atoms with Gasteiger partial charge in [-0.3, -0.25) is 4.79 Å². The van der Waals surface area contributed by atoms with Gasteiger partial charge in [-0.15, -0.1) is 0 Å². The Morgan fingerprint density at radius 2 is 1.84 bits per heavy atom. The quantitative estimate of drug-likeness (QED) is 0.639. The number of allylic oxidation sites excluding steroid dienone is 3. The highest BCUT2D eigenvalue weighted by Crippen LogP contribution is 2.65. The molecular formula is C27H43NO2S. The number of hydrogen-bond acceptors (Lipinski definition) is 3. The third-order valence-electron chi connectivity index (χ3n) is 9.45. The molecule has 1 saturated heterocycles. The van der Waals surface area contributed by atoms with Gasteiger partial charge in [0.15, 0.2) is 0 Å². The Labute approximate surface area is 191 Å². The van der Waals surface area contributed by atoms with Crippen molar-refractivity contribution in [3.05, 3.63) is 22.9 Å².